The van der Waals surface area contributed by atoms with Crippen molar-refractivity contribution in [3.05, 3.63) is 81.1 Å². The van der Waals surface area contributed by atoms with Crippen LogP contribution in [0.5, 0.6) is 5.75 Å². The van der Waals surface area contributed by atoms with Crippen LogP contribution >= 0.6 is 7.92 Å². The fraction of sp³-hybridized carbons (Fsp3) is 0.333. The molecule has 4 nitrogen and oxygen atoms in total. The van der Waals surface area contributed by atoms with E-state index < -0.39 is 18.8 Å². The molecule has 5 heteroatoms. The maximum absolute atomic E-state index is 12.2. The Kier molecular flexibility index (Phi) is 6.10. The second kappa shape index (κ2) is 8.92. The van der Waals surface area contributed by atoms with Gasteiger partial charge >= 0.3 is 0 Å². The highest BCUT2D eigenvalue weighted by molar-refractivity contribution is 7.73. The molecule has 0 aromatic heterocycles. The first-order valence-corrected chi connectivity index (χ1v) is 11.7. The van der Waals surface area contributed by atoms with Crippen molar-refractivity contribution < 1.29 is 4.74 Å². The van der Waals surface area contributed by atoms with Crippen molar-refractivity contribution in [3.63, 3.8) is 0 Å². The minimum absolute atomic E-state index is 0.151. The summed E-state index contributed by atoms with van der Waals surface area (Å²) < 4.78 is 5.43. The fourth-order valence-electron chi connectivity index (χ4n) is 4.27. The molecule has 1 saturated carbocycles. The highest BCUT2D eigenvalue weighted by Gasteiger charge is 2.35. The van der Waals surface area contributed by atoms with E-state index in [-0.39, 0.29) is 11.8 Å². The van der Waals surface area contributed by atoms with Crippen LogP contribution in [0, 0.1) is 0 Å². The summed E-state index contributed by atoms with van der Waals surface area (Å²) >= 11 is 0. The van der Waals surface area contributed by atoms with Gasteiger partial charge in [0, 0.05) is 11.7 Å². The molecule has 0 unspecified atom stereocenters. The Morgan fingerprint density at radius 2 is 1.48 bits per heavy atom. The zero-order chi connectivity index (χ0) is 20.2. The molecule has 0 bridgehead atoms. The third-order valence-electron chi connectivity index (χ3n) is 5.61. The summed E-state index contributed by atoms with van der Waals surface area (Å²) in [4.78, 5) is 24.1. The van der Waals surface area contributed by atoms with Crippen molar-refractivity contribution in [1.29, 1.82) is 0 Å². The molecular formula is C24H26NO3P. The van der Waals surface area contributed by atoms with Crippen molar-refractivity contribution in [2.45, 2.75) is 44.3 Å². The van der Waals surface area contributed by atoms with Crippen molar-refractivity contribution in [1.82, 2.24) is 0 Å². The van der Waals surface area contributed by atoms with Crippen LogP contribution in [0.1, 0.15) is 32.6 Å². The molecule has 29 heavy (non-hydrogen) atoms. The summed E-state index contributed by atoms with van der Waals surface area (Å²) in [5, 5.41) is 6.14. The maximum Gasteiger partial charge on any atom is 0.272 e. The van der Waals surface area contributed by atoms with Crippen molar-refractivity contribution >= 4 is 24.2 Å². The van der Waals surface area contributed by atoms with Crippen LogP contribution in [0.4, 0.5) is 5.69 Å². The van der Waals surface area contributed by atoms with Crippen molar-refractivity contribution in [2.24, 2.45) is 0 Å². The van der Waals surface area contributed by atoms with E-state index in [0.717, 1.165) is 19.3 Å². The van der Waals surface area contributed by atoms with Crippen molar-refractivity contribution in [2.75, 3.05) is 11.9 Å². The van der Waals surface area contributed by atoms with E-state index in [1.807, 2.05) is 6.92 Å². The molecule has 0 amide bonds. The summed E-state index contributed by atoms with van der Waals surface area (Å²) in [5.41, 5.74) is -0.177. The second-order valence-corrected chi connectivity index (χ2v) is 9.88. The smallest absolute Gasteiger partial charge is 0.272 e. The summed E-state index contributed by atoms with van der Waals surface area (Å²) in [7, 11) is -0.589. The van der Waals surface area contributed by atoms with Gasteiger partial charge in [-0.3, -0.25) is 9.59 Å². The standard InChI is InChI=1S/C24H26NO3P/c1-2-28-24-21(22(26)23(24)27)25-19-15-9-10-16-20(19)29(17-11-5-3-6-12-17)18-13-7-4-8-14-18/h3-8,11-14,19-20,25H,2,9-10,15-16H2,1H3/t19-,20-/m1/s1. The molecule has 0 saturated heterocycles. The Hall–Kier alpha value is -2.45. The van der Waals surface area contributed by atoms with Crippen LogP contribution in [0.3, 0.4) is 0 Å². The third-order valence-corrected chi connectivity index (χ3v) is 8.61. The van der Waals surface area contributed by atoms with Crippen LogP contribution < -0.4 is 31.5 Å². The maximum atomic E-state index is 12.2. The van der Waals surface area contributed by atoms with Crippen LogP contribution in [0.25, 0.3) is 0 Å². The number of benzene rings is 2. The molecule has 150 valence electrons. The Morgan fingerprint density at radius 1 is 0.897 bits per heavy atom. The SMILES string of the molecule is CCOc1c(N[C@@H]2CCCC[C@H]2P(c2ccccc2)c2ccccc2)c(=O)c1=O. The molecule has 0 heterocycles. The van der Waals surface area contributed by atoms with Crippen molar-refractivity contribution in [3.8, 4) is 5.75 Å². The van der Waals surface area contributed by atoms with Crippen LogP contribution in [-0.4, -0.2) is 18.3 Å². The quantitative estimate of drug-likeness (QED) is 0.481. The molecule has 3 aromatic carbocycles. The first-order chi connectivity index (χ1) is 14.2. The average Bonchev–Trinajstić information content (AvgIpc) is 2.78. The molecule has 1 fully saturated rings. The minimum Gasteiger partial charge on any atom is -0.488 e. The summed E-state index contributed by atoms with van der Waals surface area (Å²) in [5.74, 6) is 0.213. The molecule has 0 radical (unpaired) electrons. The Labute approximate surface area is 172 Å². The van der Waals surface area contributed by atoms with E-state index in [2.05, 4.69) is 66.0 Å². The first-order valence-electron chi connectivity index (χ1n) is 10.3. The number of ether oxygens (including phenoxy) is 1. The van der Waals surface area contributed by atoms with Gasteiger partial charge in [-0.1, -0.05) is 73.5 Å². The average molecular weight is 407 g/mol. The van der Waals surface area contributed by atoms with E-state index in [0.29, 0.717) is 18.0 Å². The second-order valence-electron chi connectivity index (χ2n) is 7.44. The lowest BCUT2D eigenvalue weighted by molar-refractivity contribution is 0.333. The van der Waals surface area contributed by atoms with Crippen LogP contribution in [-0.2, 0) is 0 Å². The summed E-state index contributed by atoms with van der Waals surface area (Å²) in [6.45, 7) is 2.21. The van der Waals surface area contributed by atoms with Gasteiger partial charge in [-0.25, -0.2) is 0 Å². The van der Waals surface area contributed by atoms with Gasteiger partial charge < -0.3 is 10.1 Å². The van der Waals surface area contributed by atoms with Gasteiger partial charge in [-0.2, -0.15) is 0 Å². The lowest BCUT2D eigenvalue weighted by Gasteiger charge is -2.39. The Bertz CT molecular complexity index is 972. The van der Waals surface area contributed by atoms with E-state index in [1.54, 1.807) is 0 Å². The van der Waals surface area contributed by atoms with Crippen LogP contribution in [0.2, 0.25) is 0 Å². The fourth-order valence-corrected chi connectivity index (χ4v) is 7.34. The van der Waals surface area contributed by atoms with Crippen LogP contribution in [0.15, 0.2) is 70.3 Å². The Balaban J connectivity index is 1.69. The van der Waals surface area contributed by atoms with Gasteiger partial charge in [0.15, 0.2) is 5.75 Å². The van der Waals surface area contributed by atoms with E-state index in [9.17, 15) is 9.59 Å². The predicted octanol–water partition coefficient (Wildman–Crippen LogP) is 3.54. The summed E-state index contributed by atoms with van der Waals surface area (Å²) in [6.07, 6.45) is 4.41. The molecule has 3 aromatic rings. The predicted molar refractivity (Wildman–Crippen MR) is 121 cm³/mol. The molecule has 0 spiro atoms. The minimum atomic E-state index is -0.589. The number of hydrogen-bond donors (Lipinski definition) is 1. The molecular weight excluding hydrogens is 381 g/mol. The number of anilines is 1. The topological polar surface area (TPSA) is 55.4 Å². The number of rotatable bonds is 7. The van der Waals surface area contributed by atoms with E-state index in [4.69, 9.17) is 4.74 Å². The van der Waals surface area contributed by atoms with Gasteiger partial charge in [0.2, 0.25) is 0 Å². The molecule has 2 atom stereocenters. The lowest BCUT2D eigenvalue weighted by atomic mass is 9.94. The first kappa shape index (κ1) is 19.8. The highest BCUT2D eigenvalue weighted by Crippen LogP contribution is 2.47. The summed E-state index contributed by atoms with van der Waals surface area (Å²) in [6, 6.07) is 21.5. The number of hydrogen-bond acceptors (Lipinski definition) is 4. The highest BCUT2D eigenvalue weighted by atomic mass is 31.1. The lowest BCUT2D eigenvalue weighted by Crippen LogP contribution is -2.44. The van der Waals surface area contributed by atoms with E-state index >= 15 is 0 Å². The zero-order valence-corrected chi connectivity index (χ0v) is 17.5. The van der Waals surface area contributed by atoms with Gasteiger partial charge in [0.1, 0.15) is 5.69 Å². The Morgan fingerprint density at radius 3 is 2.07 bits per heavy atom. The molecule has 4 rings (SSSR count). The largest absolute Gasteiger partial charge is 0.488 e. The number of nitrogens with one attached hydrogen (secondary N) is 1. The third kappa shape index (κ3) is 4.00. The van der Waals surface area contributed by atoms with Gasteiger partial charge in [-0.15, -0.1) is 0 Å². The normalized spacial score (nSPS) is 19.4. The molecule has 0 aliphatic heterocycles. The zero-order valence-electron chi connectivity index (χ0n) is 16.6. The van der Waals surface area contributed by atoms with Gasteiger partial charge in [0.25, 0.3) is 10.9 Å². The molecule has 1 aliphatic carbocycles. The molecule has 1 N–H and O–H groups in total. The molecule has 1 aliphatic rings. The van der Waals surface area contributed by atoms with Gasteiger partial charge in [0.05, 0.1) is 6.61 Å². The van der Waals surface area contributed by atoms with Gasteiger partial charge in [-0.05, 0) is 38.3 Å². The monoisotopic (exact) mass is 407 g/mol. The van der Waals surface area contributed by atoms with E-state index in [1.165, 1.54) is 17.0 Å².